The Hall–Kier alpha value is -2.14. The minimum Gasteiger partial charge on any atom is -0.294 e. The maximum atomic E-state index is 13.0. The van der Waals surface area contributed by atoms with Gasteiger partial charge in [-0.25, -0.2) is 4.98 Å². The fraction of sp³-hybridized carbons (Fsp3) is 0.0526. The number of thiophene rings is 1. The highest BCUT2D eigenvalue weighted by molar-refractivity contribution is 7.17. The molecule has 0 amide bonds. The Morgan fingerprint density at radius 3 is 2.60 bits per heavy atom. The first kappa shape index (κ1) is 16.3. The zero-order valence-corrected chi connectivity index (χ0v) is 15.3. The molecule has 0 aliphatic carbocycles. The highest BCUT2D eigenvalue weighted by Gasteiger charge is 2.13. The number of aromatic nitrogens is 2. The summed E-state index contributed by atoms with van der Waals surface area (Å²) in [6, 6.07) is 15.2. The van der Waals surface area contributed by atoms with Crippen LogP contribution in [0.5, 0.6) is 0 Å². The smallest absolute Gasteiger partial charge is 0.263 e. The lowest BCUT2D eigenvalue weighted by Crippen LogP contribution is -2.20. The lowest BCUT2D eigenvalue weighted by atomic mass is 10.1. The standard InChI is InChI=1S/C19H12Cl2N2OS/c20-15-7-6-12(8-16(15)21)9-23-11-22-18-17(19(23)24)14(10-25-18)13-4-2-1-3-5-13/h1-8,10-11H,9H2. The first-order valence-corrected chi connectivity index (χ1v) is 9.23. The summed E-state index contributed by atoms with van der Waals surface area (Å²) in [7, 11) is 0. The number of fused-ring (bicyclic) bond motifs is 1. The van der Waals surface area contributed by atoms with Crippen molar-refractivity contribution in [3.8, 4) is 11.1 Å². The lowest BCUT2D eigenvalue weighted by Gasteiger charge is -2.07. The number of halogens is 2. The number of nitrogens with zero attached hydrogens (tertiary/aromatic N) is 2. The molecule has 0 saturated carbocycles. The topological polar surface area (TPSA) is 34.9 Å². The van der Waals surface area contributed by atoms with Crippen LogP contribution in [0.25, 0.3) is 21.3 Å². The third-order valence-corrected chi connectivity index (χ3v) is 5.61. The highest BCUT2D eigenvalue weighted by atomic mass is 35.5. The Morgan fingerprint density at radius 1 is 1.04 bits per heavy atom. The first-order chi connectivity index (χ1) is 12.1. The molecular weight excluding hydrogens is 375 g/mol. The third-order valence-electron chi connectivity index (χ3n) is 3.98. The maximum absolute atomic E-state index is 13.0. The van der Waals surface area contributed by atoms with Crippen molar-refractivity contribution in [3.05, 3.63) is 86.2 Å². The van der Waals surface area contributed by atoms with Gasteiger partial charge in [-0.1, -0.05) is 59.6 Å². The van der Waals surface area contributed by atoms with Crippen LogP contribution in [-0.4, -0.2) is 9.55 Å². The molecule has 0 spiro atoms. The summed E-state index contributed by atoms with van der Waals surface area (Å²) in [6.45, 7) is 0.392. The quantitative estimate of drug-likeness (QED) is 0.467. The number of benzene rings is 2. The fourth-order valence-electron chi connectivity index (χ4n) is 2.75. The van der Waals surface area contributed by atoms with E-state index in [4.69, 9.17) is 23.2 Å². The van der Waals surface area contributed by atoms with E-state index >= 15 is 0 Å². The van der Waals surface area contributed by atoms with Crippen LogP contribution in [0.2, 0.25) is 10.0 Å². The van der Waals surface area contributed by atoms with Gasteiger partial charge in [0.25, 0.3) is 5.56 Å². The van der Waals surface area contributed by atoms with E-state index in [9.17, 15) is 4.79 Å². The van der Waals surface area contributed by atoms with E-state index in [0.717, 1.165) is 21.5 Å². The summed E-state index contributed by atoms with van der Waals surface area (Å²) >= 11 is 13.5. The van der Waals surface area contributed by atoms with E-state index < -0.39 is 0 Å². The van der Waals surface area contributed by atoms with E-state index in [2.05, 4.69) is 4.98 Å². The van der Waals surface area contributed by atoms with E-state index in [1.54, 1.807) is 23.0 Å². The Bertz CT molecular complexity index is 1120. The molecule has 3 nitrogen and oxygen atoms in total. The molecule has 4 aromatic rings. The first-order valence-electron chi connectivity index (χ1n) is 7.59. The molecule has 0 atom stereocenters. The molecule has 0 aliphatic heterocycles. The van der Waals surface area contributed by atoms with E-state index in [1.807, 2.05) is 41.8 Å². The Morgan fingerprint density at radius 2 is 1.84 bits per heavy atom. The van der Waals surface area contributed by atoms with Gasteiger partial charge < -0.3 is 0 Å². The second kappa shape index (κ2) is 6.64. The largest absolute Gasteiger partial charge is 0.294 e. The molecule has 0 fully saturated rings. The van der Waals surface area contributed by atoms with E-state index in [0.29, 0.717) is 22.0 Å². The van der Waals surface area contributed by atoms with Crippen LogP contribution in [0.1, 0.15) is 5.56 Å². The second-order valence-electron chi connectivity index (χ2n) is 5.62. The van der Waals surface area contributed by atoms with E-state index in [1.165, 1.54) is 11.3 Å². The second-order valence-corrected chi connectivity index (χ2v) is 7.29. The third kappa shape index (κ3) is 3.09. The minimum absolute atomic E-state index is 0.0591. The average Bonchev–Trinajstić information content (AvgIpc) is 3.06. The predicted molar refractivity (Wildman–Crippen MR) is 105 cm³/mol. The molecule has 0 aliphatic rings. The molecule has 25 heavy (non-hydrogen) atoms. The number of rotatable bonds is 3. The normalized spacial score (nSPS) is 11.1. The van der Waals surface area contributed by atoms with Crippen molar-refractivity contribution in [3.63, 3.8) is 0 Å². The Balaban J connectivity index is 1.82. The van der Waals surface area contributed by atoms with Crippen molar-refractivity contribution in [1.82, 2.24) is 9.55 Å². The summed E-state index contributed by atoms with van der Waals surface area (Å²) in [6.07, 6.45) is 1.58. The van der Waals surface area contributed by atoms with Crippen LogP contribution < -0.4 is 5.56 Å². The summed E-state index contributed by atoms with van der Waals surface area (Å²) in [5.41, 5.74) is 2.77. The summed E-state index contributed by atoms with van der Waals surface area (Å²) in [5.74, 6) is 0. The van der Waals surface area contributed by atoms with Gasteiger partial charge in [-0.15, -0.1) is 11.3 Å². The van der Waals surface area contributed by atoms with Gasteiger partial charge in [-0.05, 0) is 23.3 Å². The molecule has 124 valence electrons. The fourth-order valence-corrected chi connectivity index (χ4v) is 3.97. The average molecular weight is 387 g/mol. The van der Waals surface area contributed by atoms with Crippen LogP contribution >= 0.6 is 34.5 Å². The molecule has 0 unspecified atom stereocenters. The van der Waals surface area contributed by atoms with Gasteiger partial charge in [0.05, 0.1) is 28.3 Å². The molecule has 4 rings (SSSR count). The van der Waals surface area contributed by atoms with Crippen molar-refractivity contribution >= 4 is 44.8 Å². The molecule has 0 saturated heterocycles. The molecule has 2 aromatic carbocycles. The zero-order valence-electron chi connectivity index (χ0n) is 12.9. The summed E-state index contributed by atoms with van der Waals surface area (Å²) < 4.78 is 1.60. The van der Waals surface area contributed by atoms with Gasteiger partial charge in [0.1, 0.15) is 4.83 Å². The van der Waals surface area contributed by atoms with Crippen molar-refractivity contribution < 1.29 is 0 Å². The molecule has 2 aromatic heterocycles. The van der Waals surface area contributed by atoms with Gasteiger partial charge in [-0.2, -0.15) is 0 Å². The zero-order chi connectivity index (χ0) is 17.4. The van der Waals surface area contributed by atoms with Crippen LogP contribution in [-0.2, 0) is 6.54 Å². The number of hydrogen-bond donors (Lipinski definition) is 0. The van der Waals surface area contributed by atoms with Crippen molar-refractivity contribution in [2.24, 2.45) is 0 Å². The SMILES string of the molecule is O=c1c2c(-c3ccccc3)csc2ncn1Cc1ccc(Cl)c(Cl)c1. The molecule has 2 heterocycles. The Labute approximate surface area is 158 Å². The van der Waals surface area contributed by atoms with Gasteiger partial charge in [0, 0.05) is 10.9 Å². The summed E-state index contributed by atoms with van der Waals surface area (Å²) in [5, 5.41) is 3.61. The van der Waals surface area contributed by atoms with Crippen LogP contribution in [0.15, 0.2) is 65.0 Å². The monoisotopic (exact) mass is 386 g/mol. The highest BCUT2D eigenvalue weighted by Crippen LogP contribution is 2.30. The van der Waals surface area contributed by atoms with E-state index in [-0.39, 0.29) is 5.56 Å². The van der Waals surface area contributed by atoms with Gasteiger partial charge in [-0.3, -0.25) is 9.36 Å². The summed E-state index contributed by atoms with van der Waals surface area (Å²) in [4.78, 5) is 18.2. The molecule has 0 bridgehead atoms. The van der Waals surface area contributed by atoms with Crippen molar-refractivity contribution in [2.45, 2.75) is 6.54 Å². The predicted octanol–water partition coefficient (Wildman–Crippen LogP) is 5.48. The Kier molecular flexibility index (Phi) is 4.34. The molecular formula is C19H12Cl2N2OS. The van der Waals surface area contributed by atoms with Crippen molar-refractivity contribution in [2.75, 3.05) is 0 Å². The number of hydrogen-bond acceptors (Lipinski definition) is 3. The minimum atomic E-state index is -0.0591. The van der Waals surface area contributed by atoms with Crippen LogP contribution in [0.4, 0.5) is 0 Å². The van der Waals surface area contributed by atoms with Gasteiger partial charge in [0.15, 0.2) is 0 Å². The molecule has 6 heteroatoms. The van der Waals surface area contributed by atoms with Crippen molar-refractivity contribution in [1.29, 1.82) is 0 Å². The lowest BCUT2D eigenvalue weighted by molar-refractivity contribution is 0.749. The van der Waals surface area contributed by atoms with Crippen LogP contribution in [0, 0.1) is 0 Å². The molecule has 0 N–H and O–H groups in total. The maximum Gasteiger partial charge on any atom is 0.263 e. The van der Waals surface area contributed by atoms with Crippen LogP contribution in [0.3, 0.4) is 0 Å². The van der Waals surface area contributed by atoms with Gasteiger partial charge in [0.2, 0.25) is 0 Å². The molecule has 0 radical (unpaired) electrons. The van der Waals surface area contributed by atoms with Gasteiger partial charge >= 0.3 is 0 Å².